The van der Waals surface area contributed by atoms with E-state index in [9.17, 15) is 24.3 Å². The molecule has 10 heteroatoms. The van der Waals surface area contributed by atoms with Crippen molar-refractivity contribution in [3.05, 3.63) is 41.5 Å². The van der Waals surface area contributed by atoms with Gasteiger partial charge in [0.25, 0.3) is 0 Å². The van der Waals surface area contributed by atoms with Crippen LogP contribution >= 0.6 is 0 Å². The molecule has 0 aliphatic rings. The summed E-state index contributed by atoms with van der Waals surface area (Å²) in [5, 5.41) is 21.6. The molecule has 1 amide bonds. The predicted molar refractivity (Wildman–Crippen MR) is 111 cm³/mol. The molecule has 0 bridgehead atoms. The van der Waals surface area contributed by atoms with E-state index in [4.69, 9.17) is 14.6 Å². The standard InChI is InChI=1S/C21H26N2O8/c1-3-30-20(28)15(19(27)14-8-6-5-7-9-14)12-22-13-17(24)23-16(10-11-18(25)26)21(29)31-4-2/h5-9,12,16,27H,3-4,10-11,13H2,1-2H3,(H,23,24)(H,25,26)/b19-15+,22-12?/t16-/m0/s1. The lowest BCUT2D eigenvalue weighted by Gasteiger charge is -2.15. The van der Waals surface area contributed by atoms with E-state index < -0.39 is 36.4 Å². The SMILES string of the molecule is CCOC(=O)/C(C=NCC(=O)N[C@@H](CCC(=O)O)C(=O)OCC)=C(/O)c1ccccc1. The van der Waals surface area contributed by atoms with Gasteiger partial charge in [-0.3, -0.25) is 14.6 Å². The van der Waals surface area contributed by atoms with E-state index in [1.54, 1.807) is 44.2 Å². The molecule has 1 aromatic rings. The highest BCUT2D eigenvalue weighted by molar-refractivity contribution is 6.15. The van der Waals surface area contributed by atoms with Gasteiger partial charge in [0, 0.05) is 18.2 Å². The largest absolute Gasteiger partial charge is 0.506 e. The van der Waals surface area contributed by atoms with Gasteiger partial charge in [-0.05, 0) is 20.3 Å². The maximum atomic E-state index is 12.2. The summed E-state index contributed by atoms with van der Waals surface area (Å²) >= 11 is 0. The summed E-state index contributed by atoms with van der Waals surface area (Å²) < 4.78 is 9.75. The van der Waals surface area contributed by atoms with E-state index in [0.29, 0.717) is 5.56 Å². The third-order valence-corrected chi connectivity index (χ3v) is 3.81. The predicted octanol–water partition coefficient (Wildman–Crippen LogP) is 1.50. The Morgan fingerprint density at radius 2 is 1.71 bits per heavy atom. The van der Waals surface area contributed by atoms with Crippen LogP contribution in [0.15, 0.2) is 40.9 Å². The summed E-state index contributed by atoms with van der Waals surface area (Å²) in [6, 6.07) is 7.11. The fourth-order valence-electron chi connectivity index (χ4n) is 2.39. The quantitative estimate of drug-likeness (QED) is 0.194. The van der Waals surface area contributed by atoms with Crippen molar-refractivity contribution in [2.75, 3.05) is 19.8 Å². The van der Waals surface area contributed by atoms with Crippen molar-refractivity contribution in [3.63, 3.8) is 0 Å². The van der Waals surface area contributed by atoms with Crippen molar-refractivity contribution in [1.82, 2.24) is 5.32 Å². The zero-order chi connectivity index (χ0) is 23.2. The molecule has 0 heterocycles. The molecule has 1 rings (SSSR count). The molecule has 3 N–H and O–H groups in total. The van der Waals surface area contributed by atoms with Crippen LogP contribution in [0.25, 0.3) is 5.76 Å². The fraction of sp³-hybridized carbons (Fsp3) is 0.381. The number of carbonyl (C=O) groups is 4. The first-order valence-corrected chi connectivity index (χ1v) is 9.63. The molecular formula is C21H26N2O8. The van der Waals surface area contributed by atoms with Gasteiger partial charge in [-0.2, -0.15) is 0 Å². The molecule has 168 valence electrons. The number of benzene rings is 1. The summed E-state index contributed by atoms with van der Waals surface area (Å²) in [5.41, 5.74) is 0.117. The number of nitrogens with one attached hydrogen (secondary N) is 1. The zero-order valence-electron chi connectivity index (χ0n) is 17.4. The highest BCUT2D eigenvalue weighted by Gasteiger charge is 2.23. The first kappa shape index (κ1) is 25.3. The molecule has 0 saturated carbocycles. The van der Waals surface area contributed by atoms with Crippen LogP contribution in [0, 0.1) is 0 Å². The lowest BCUT2D eigenvalue weighted by molar-refractivity contribution is -0.148. The van der Waals surface area contributed by atoms with Crippen LogP contribution in [0.1, 0.15) is 32.3 Å². The molecule has 10 nitrogen and oxygen atoms in total. The molecule has 0 aromatic heterocycles. The minimum Gasteiger partial charge on any atom is -0.506 e. The second kappa shape index (κ2) is 13.5. The Morgan fingerprint density at radius 3 is 2.29 bits per heavy atom. The summed E-state index contributed by atoms with van der Waals surface area (Å²) in [7, 11) is 0. The van der Waals surface area contributed by atoms with E-state index >= 15 is 0 Å². The number of amides is 1. The number of carboxylic acids is 1. The van der Waals surface area contributed by atoms with E-state index in [-0.39, 0.29) is 37.4 Å². The first-order chi connectivity index (χ1) is 14.8. The average molecular weight is 434 g/mol. The molecule has 1 atom stereocenters. The number of carboxylic acid groups (broad SMARTS) is 1. The number of aliphatic hydroxyl groups excluding tert-OH is 1. The average Bonchev–Trinajstić information content (AvgIpc) is 2.74. The summed E-state index contributed by atoms with van der Waals surface area (Å²) in [4.78, 5) is 50.8. The number of aliphatic hydroxyl groups is 1. The van der Waals surface area contributed by atoms with Crippen LogP contribution in [-0.2, 0) is 28.7 Å². The van der Waals surface area contributed by atoms with E-state index in [0.717, 1.165) is 6.21 Å². The highest BCUT2D eigenvalue weighted by Crippen LogP contribution is 2.16. The van der Waals surface area contributed by atoms with Crippen LogP contribution in [0.4, 0.5) is 0 Å². The molecule has 0 aliphatic heterocycles. The van der Waals surface area contributed by atoms with Crippen LogP contribution < -0.4 is 5.32 Å². The second-order valence-corrected chi connectivity index (χ2v) is 6.12. The maximum absolute atomic E-state index is 12.2. The summed E-state index contributed by atoms with van der Waals surface area (Å²) in [5.74, 6) is -3.76. The van der Waals surface area contributed by atoms with Crippen LogP contribution in [-0.4, -0.2) is 66.0 Å². The number of ether oxygens (including phenoxy) is 2. The Balaban J connectivity index is 2.92. The van der Waals surface area contributed by atoms with E-state index in [2.05, 4.69) is 10.3 Å². The zero-order valence-corrected chi connectivity index (χ0v) is 17.4. The summed E-state index contributed by atoms with van der Waals surface area (Å²) in [6.07, 6.45) is 0.524. The van der Waals surface area contributed by atoms with Gasteiger partial charge in [-0.15, -0.1) is 0 Å². The van der Waals surface area contributed by atoms with Gasteiger partial charge in [0.05, 0.1) is 13.2 Å². The van der Waals surface area contributed by atoms with Gasteiger partial charge in [0.2, 0.25) is 5.91 Å². The Labute approximate surface area is 179 Å². The Bertz CT molecular complexity index is 833. The highest BCUT2D eigenvalue weighted by atomic mass is 16.5. The maximum Gasteiger partial charge on any atom is 0.343 e. The lowest BCUT2D eigenvalue weighted by Crippen LogP contribution is -2.43. The number of aliphatic carboxylic acids is 1. The van der Waals surface area contributed by atoms with Crippen molar-refractivity contribution in [2.45, 2.75) is 32.7 Å². The second-order valence-electron chi connectivity index (χ2n) is 6.12. The smallest absolute Gasteiger partial charge is 0.343 e. The molecule has 0 unspecified atom stereocenters. The van der Waals surface area contributed by atoms with Crippen LogP contribution in [0.5, 0.6) is 0 Å². The van der Waals surface area contributed by atoms with Gasteiger partial charge < -0.3 is 25.0 Å². The monoisotopic (exact) mass is 434 g/mol. The summed E-state index contributed by atoms with van der Waals surface area (Å²) in [6.45, 7) is 2.85. The normalized spacial score (nSPS) is 12.6. The number of rotatable bonds is 12. The fourth-order valence-corrected chi connectivity index (χ4v) is 2.39. The molecule has 0 aliphatic carbocycles. The van der Waals surface area contributed by atoms with Crippen molar-refractivity contribution < 1.29 is 38.9 Å². The minimum absolute atomic E-state index is 0.0723. The molecule has 31 heavy (non-hydrogen) atoms. The van der Waals surface area contributed by atoms with Crippen molar-refractivity contribution in [3.8, 4) is 0 Å². The third kappa shape index (κ3) is 9.11. The van der Waals surface area contributed by atoms with Crippen LogP contribution in [0.2, 0.25) is 0 Å². The number of aliphatic imine (C=N–C) groups is 1. The molecule has 1 aromatic carbocycles. The van der Waals surface area contributed by atoms with Crippen LogP contribution in [0.3, 0.4) is 0 Å². The van der Waals surface area contributed by atoms with E-state index in [1.807, 2.05) is 0 Å². The van der Waals surface area contributed by atoms with Crippen molar-refractivity contribution >= 4 is 35.8 Å². The first-order valence-electron chi connectivity index (χ1n) is 9.63. The van der Waals surface area contributed by atoms with Gasteiger partial charge in [0.1, 0.15) is 23.9 Å². The van der Waals surface area contributed by atoms with Crippen molar-refractivity contribution in [2.24, 2.45) is 4.99 Å². The number of hydrogen-bond donors (Lipinski definition) is 3. The molecular weight excluding hydrogens is 408 g/mol. The Kier molecular flexibility index (Phi) is 11.1. The Hall–Kier alpha value is -3.69. The van der Waals surface area contributed by atoms with Gasteiger partial charge >= 0.3 is 17.9 Å². The molecule has 0 radical (unpaired) electrons. The minimum atomic E-state index is -1.14. The van der Waals surface area contributed by atoms with Crippen molar-refractivity contribution in [1.29, 1.82) is 0 Å². The number of carbonyl (C=O) groups excluding carboxylic acids is 3. The third-order valence-electron chi connectivity index (χ3n) is 3.81. The Morgan fingerprint density at radius 1 is 1.06 bits per heavy atom. The molecule has 0 fully saturated rings. The lowest BCUT2D eigenvalue weighted by atomic mass is 10.1. The molecule has 0 saturated heterocycles. The number of esters is 2. The van der Waals surface area contributed by atoms with E-state index in [1.165, 1.54) is 0 Å². The van der Waals surface area contributed by atoms with Gasteiger partial charge in [0.15, 0.2) is 0 Å². The van der Waals surface area contributed by atoms with Gasteiger partial charge in [-0.25, -0.2) is 9.59 Å². The van der Waals surface area contributed by atoms with Gasteiger partial charge in [-0.1, -0.05) is 30.3 Å². The topological polar surface area (TPSA) is 152 Å². The molecule has 0 spiro atoms. The number of nitrogens with zero attached hydrogens (tertiary/aromatic N) is 1. The number of hydrogen-bond acceptors (Lipinski definition) is 8.